The second kappa shape index (κ2) is 10.5. The fourth-order valence-corrected chi connectivity index (χ4v) is 3.95. The van der Waals surface area contributed by atoms with Gasteiger partial charge in [-0.1, -0.05) is 31.4 Å². The van der Waals surface area contributed by atoms with Crippen molar-refractivity contribution in [2.24, 2.45) is 0 Å². The molecule has 5 nitrogen and oxygen atoms in total. The van der Waals surface area contributed by atoms with Crippen molar-refractivity contribution in [3.05, 3.63) is 29.8 Å². The minimum absolute atomic E-state index is 0.0507. The lowest BCUT2D eigenvalue weighted by Crippen LogP contribution is -2.38. The van der Waals surface area contributed by atoms with Gasteiger partial charge < -0.3 is 15.0 Å². The molecule has 1 N–H and O–H groups in total. The lowest BCUT2D eigenvalue weighted by atomic mass is 9.94. The van der Waals surface area contributed by atoms with Crippen molar-refractivity contribution >= 4 is 23.6 Å². The number of rotatable bonds is 8. The van der Waals surface area contributed by atoms with E-state index < -0.39 is 0 Å². The fourth-order valence-electron chi connectivity index (χ4n) is 3.08. The molecule has 2 amide bonds. The Labute approximate surface area is 154 Å². The van der Waals surface area contributed by atoms with Crippen molar-refractivity contribution in [3.8, 4) is 0 Å². The molecule has 1 aliphatic carbocycles. The zero-order valence-corrected chi connectivity index (χ0v) is 15.9. The van der Waals surface area contributed by atoms with Gasteiger partial charge in [-0.15, -0.1) is 11.8 Å². The lowest BCUT2D eigenvalue weighted by Gasteiger charge is -2.31. The number of ether oxygens (including phenoxy) is 1. The van der Waals surface area contributed by atoms with E-state index >= 15 is 0 Å². The molecule has 0 saturated heterocycles. The minimum atomic E-state index is -0.0510. The van der Waals surface area contributed by atoms with E-state index in [2.05, 4.69) is 5.32 Å². The molecule has 1 aliphatic rings. The van der Waals surface area contributed by atoms with Gasteiger partial charge in [0.05, 0.1) is 17.9 Å². The maximum absolute atomic E-state index is 12.9. The molecule has 25 heavy (non-hydrogen) atoms. The Kier molecular flexibility index (Phi) is 8.28. The van der Waals surface area contributed by atoms with E-state index in [1.165, 1.54) is 31.0 Å². The molecule has 1 aromatic carbocycles. The quantitative estimate of drug-likeness (QED) is 0.569. The highest BCUT2D eigenvalue weighted by molar-refractivity contribution is 8.00. The SMILES string of the molecule is COCCNC(=O)CSc1ccccc1C(=O)N(C)C1CCCCC1. The van der Waals surface area contributed by atoms with Crippen LogP contribution in [0.1, 0.15) is 42.5 Å². The molecular formula is C19H28N2O3S. The summed E-state index contributed by atoms with van der Waals surface area (Å²) in [6.45, 7) is 0.999. The molecule has 1 aromatic rings. The first-order valence-corrected chi connectivity index (χ1v) is 9.86. The molecule has 0 aromatic heterocycles. The Bertz CT molecular complexity index is 574. The molecule has 0 unspecified atom stereocenters. The third kappa shape index (κ3) is 6.04. The zero-order chi connectivity index (χ0) is 18.1. The number of nitrogens with one attached hydrogen (secondary N) is 1. The number of hydrogen-bond acceptors (Lipinski definition) is 4. The maximum Gasteiger partial charge on any atom is 0.254 e. The summed E-state index contributed by atoms with van der Waals surface area (Å²) in [7, 11) is 3.50. The van der Waals surface area contributed by atoms with E-state index in [0.717, 1.165) is 17.7 Å². The van der Waals surface area contributed by atoms with Crippen molar-refractivity contribution in [2.75, 3.05) is 33.1 Å². The maximum atomic E-state index is 12.9. The van der Waals surface area contributed by atoms with Gasteiger partial charge in [0.25, 0.3) is 5.91 Å². The fraction of sp³-hybridized carbons (Fsp3) is 0.579. The Morgan fingerprint density at radius 2 is 1.96 bits per heavy atom. The van der Waals surface area contributed by atoms with Crippen LogP contribution in [-0.2, 0) is 9.53 Å². The van der Waals surface area contributed by atoms with Crippen molar-refractivity contribution < 1.29 is 14.3 Å². The number of carbonyl (C=O) groups excluding carboxylic acids is 2. The van der Waals surface area contributed by atoms with Crippen molar-refractivity contribution in [1.29, 1.82) is 0 Å². The van der Waals surface area contributed by atoms with Gasteiger partial charge in [0, 0.05) is 31.6 Å². The van der Waals surface area contributed by atoms with Gasteiger partial charge in [-0.25, -0.2) is 0 Å². The summed E-state index contributed by atoms with van der Waals surface area (Å²) in [6.07, 6.45) is 5.82. The highest BCUT2D eigenvalue weighted by Gasteiger charge is 2.24. The van der Waals surface area contributed by atoms with Crippen LogP contribution in [0.15, 0.2) is 29.2 Å². The van der Waals surface area contributed by atoms with Gasteiger partial charge >= 0.3 is 0 Å². The number of hydrogen-bond donors (Lipinski definition) is 1. The molecule has 0 radical (unpaired) electrons. The van der Waals surface area contributed by atoms with Crippen molar-refractivity contribution in [2.45, 2.75) is 43.0 Å². The number of amides is 2. The molecular weight excluding hydrogens is 336 g/mol. The highest BCUT2D eigenvalue weighted by Crippen LogP contribution is 2.27. The predicted octanol–water partition coefficient (Wildman–Crippen LogP) is 2.95. The minimum Gasteiger partial charge on any atom is -0.383 e. The van der Waals surface area contributed by atoms with Crippen molar-refractivity contribution in [1.82, 2.24) is 10.2 Å². The monoisotopic (exact) mass is 364 g/mol. The molecule has 1 saturated carbocycles. The first-order chi connectivity index (χ1) is 12.1. The normalized spacial score (nSPS) is 15.0. The zero-order valence-electron chi connectivity index (χ0n) is 15.1. The molecule has 138 valence electrons. The Morgan fingerprint density at radius 1 is 1.24 bits per heavy atom. The number of benzene rings is 1. The second-order valence-corrected chi connectivity index (χ2v) is 7.35. The van der Waals surface area contributed by atoms with Crippen LogP contribution in [-0.4, -0.2) is 55.8 Å². The van der Waals surface area contributed by atoms with Gasteiger partial charge in [-0.05, 0) is 25.0 Å². The molecule has 1 fully saturated rings. The van der Waals surface area contributed by atoms with E-state index in [-0.39, 0.29) is 11.8 Å². The van der Waals surface area contributed by atoms with Gasteiger partial charge in [-0.3, -0.25) is 9.59 Å². The summed E-state index contributed by atoms with van der Waals surface area (Å²) in [5.41, 5.74) is 0.685. The predicted molar refractivity (Wildman–Crippen MR) is 101 cm³/mol. The Morgan fingerprint density at radius 3 is 2.68 bits per heavy atom. The number of thioether (sulfide) groups is 1. The Balaban J connectivity index is 1.96. The standard InChI is InChI=1S/C19H28N2O3S/c1-21(15-8-4-3-5-9-15)19(23)16-10-6-7-11-17(16)25-14-18(22)20-12-13-24-2/h6-7,10-11,15H,3-5,8-9,12-14H2,1-2H3,(H,20,22). The molecule has 0 heterocycles. The van der Waals surface area contributed by atoms with Crippen LogP contribution in [0.25, 0.3) is 0 Å². The molecule has 0 bridgehead atoms. The average molecular weight is 365 g/mol. The molecule has 0 spiro atoms. The van der Waals surface area contributed by atoms with Crippen LogP contribution in [0.3, 0.4) is 0 Å². The van der Waals surface area contributed by atoms with Gasteiger partial charge in [-0.2, -0.15) is 0 Å². The van der Waals surface area contributed by atoms with Gasteiger partial charge in [0.2, 0.25) is 5.91 Å². The first-order valence-electron chi connectivity index (χ1n) is 8.88. The van der Waals surface area contributed by atoms with E-state index in [1.54, 1.807) is 7.11 Å². The van der Waals surface area contributed by atoms with Gasteiger partial charge in [0.1, 0.15) is 0 Å². The first kappa shape index (κ1) is 19.8. The number of carbonyl (C=O) groups is 2. The third-order valence-corrected chi connectivity index (χ3v) is 5.62. The summed E-state index contributed by atoms with van der Waals surface area (Å²) in [4.78, 5) is 27.5. The molecule has 0 aliphatic heterocycles. The number of methoxy groups -OCH3 is 1. The van der Waals surface area contributed by atoms with E-state index in [1.807, 2.05) is 36.2 Å². The summed E-state index contributed by atoms with van der Waals surface area (Å²) < 4.78 is 4.92. The Hall–Kier alpha value is -1.53. The van der Waals surface area contributed by atoms with Crippen LogP contribution in [0.5, 0.6) is 0 Å². The third-order valence-electron chi connectivity index (χ3n) is 4.55. The van der Waals surface area contributed by atoms with Crippen molar-refractivity contribution in [3.63, 3.8) is 0 Å². The average Bonchev–Trinajstić information content (AvgIpc) is 2.66. The molecule has 6 heteroatoms. The smallest absolute Gasteiger partial charge is 0.254 e. The summed E-state index contributed by atoms with van der Waals surface area (Å²) in [5, 5.41) is 2.80. The van der Waals surface area contributed by atoms with E-state index in [0.29, 0.717) is 30.5 Å². The second-order valence-electron chi connectivity index (χ2n) is 6.34. The van der Waals surface area contributed by atoms with Crippen LogP contribution < -0.4 is 5.32 Å². The van der Waals surface area contributed by atoms with E-state index in [9.17, 15) is 9.59 Å². The highest BCUT2D eigenvalue weighted by atomic mass is 32.2. The summed E-state index contributed by atoms with van der Waals surface area (Å²) in [6, 6.07) is 7.88. The molecule has 0 atom stereocenters. The largest absolute Gasteiger partial charge is 0.383 e. The van der Waals surface area contributed by atoms with Crippen LogP contribution >= 0.6 is 11.8 Å². The van der Waals surface area contributed by atoms with Gasteiger partial charge in [0.15, 0.2) is 0 Å². The number of nitrogens with zero attached hydrogens (tertiary/aromatic N) is 1. The van der Waals surface area contributed by atoms with E-state index in [4.69, 9.17) is 4.74 Å². The topological polar surface area (TPSA) is 58.6 Å². The lowest BCUT2D eigenvalue weighted by molar-refractivity contribution is -0.118. The molecule has 2 rings (SSSR count). The summed E-state index contributed by atoms with van der Waals surface area (Å²) >= 11 is 1.41. The summed E-state index contributed by atoms with van der Waals surface area (Å²) in [5.74, 6) is 0.293. The van der Waals surface area contributed by atoms with Crippen LogP contribution in [0.4, 0.5) is 0 Å². The van der Waals surface area contributed by atoms with Crippen LogP contribution in [0.2, 0.25) is 0 Å². The van der Waals surface area contributed by atoms with Crippen LogP contribution in [0, 0.1) is 0 Å².